The molecule has 2 rings (SSSR count). The lowest BCUT2D eigenvalue weighted by molar-refractivity contribution is 0.120. The molecule has 16 heavy (non-hydrogen) atoms. The largest absolute Gasteiger partial charge is 0.445 e. The van der Waals surface area contributed by atoms with Gasteiger partial charge in [-0.05, 0) is 33.7 Å². The maximum Gasteiger partial charge on any atom is 0.208 e. The number of nitrogens with zero attached hydrogens (tertiary/aromatic N) is 2. The molecule has 4 nitrogen and oxygen atoms in total. The van der Waals surface area contributed by atoms with Crippen LogP contribution in [0.2, 0.25) is 0 Å². The van der Waals surface area contributed by atoms with Crippen molar-refractivity contribution < 1.29 is 4.42 Å². The van der Waals surface area contributed by atoms with Gasteiger partial charge in [0, 0.05) is 18.6 Å². The first-order valence-electron chi connectivity index (χ1n) is 6.01. The summed E-state index contributed by atoms with van der Waals surface area (Å²) in [5.74, 6) is 1.74. The molecule has 2 heterocycles. The summed E-state index contributed by atoms with van der Waals surface area (Å²) in [7, 11) is 2.05. The monoisotopic (exact) mass is 223 g/mol. The van der Waals surface area contributed by atoms with Crippen molar-refractivity contribution in [1.29, 1.82) is 0 Å². The van der Waals surface area contributed by atoms with Gasteiger partial charge in [0.25, 0.3) is 0 Å². The first-order chi connectivity index (χ1) is 7.69. The summed E-state index contributed by atoms with van der Waals surface area (Å²) in [5, 5.41) is 3.36. The summed E-state index contributed by atoms with van der Waals surface area (Å²) in [6.45, 7) is 6.17. The van der Waals surface area contributed by atoms with E-state index in [0.717, 1.165) is 24.7 Å². The third kappa shape index (κ3) is 2.62. The van der Waals surface area contributed by atoms with E-state index in [9.17, 15) is 0 Å². The van der Waals surface area contributed by atoms with Crippen LogP contribution in [0, 0.1) is 6.92 Å². The fourth-order valence-electron chi connectivity index (χ4n) is 2.37. The summed E-state index contributed by atoms with van der Waals surface area (Å²) < 4.78 is 5.52. The number of likely N-dealkylation sites (tertiary alicyclic amines) is 1. The number of rotatable bonds is 3. The van der Waals surface area contributed by atoms with Gasteiger partial charge in [-0.1, -0.05) is 0 Å². The van der Waals surface area contributed by atoms with Crippen LogP contribution in [0.15, 0.2) is 10.6 Å². The van der Waals surface area contributed by atoms with E-state index in [1.807, 2.05) is 14.0 Å². The second-order valence-electron chi connectivity index (χ2n) is 4.69. The SMILES string of the molecule is CNC1CCN(Cc2ncc(C)o2)C(C)C1. The van der Waals surface area contributed by atoms with Crippen LogP contribution < -0.4 is 5.32 Å². The topological polar surface area (TPSA) is 41.3 Å². The smallest absolute Gasteiger partial charge is 0.208 e. The van der Waals surface area contributed by atoms with Crippen LogP contribution in [0.1, 0.15) is 31.4 Å². The van der Waals surface area contributed by atoms with E-state index in [1.54, 1.807) is 6.20 Å². The molecule has 4 heteroatoms. The van der Waals surface area contributed by atoms with Gasteiger partial charge in [-0.3, -0.25) is 4.90 Å². The van der Waals surface area contributed by atoms with E-state index in [-0.39, 0.29) is 0 Å². The van der Waals surface area contributed by atoms with Crippen molar-refractivity contribution in [2.75, 3.05) is 13.6 Å². The van der Waals surface area contributed by atoms with Crippen molar-refractivity contribution in [3.05, 3.63) is 17.8 Å². The molecular formula is C12H21N3O. The number of aromatic nitrogens is 1. The highest BCUT2D eigenvalue weighted by Gasteiger charge is 2.25. The lowest BCUT2D eigenvalue weighted by atomic mass is 9.98. The highest BCUT2D eigenvalue weighted by Crippen LogP contribution is 2.19. The number of hydrogen-bond donors (Lipinski definition) is 1. The standard InChI is InChI=1S/C12H21N3O/c1-9-6-11(13-3)4-5-15(9)8-12-14-7-10(2)16-12/h7,9,11,13H,4-6,8H2,1-3H3. The van der Waals surface area contributed by atoms with Gasteiger partial charge in [-0.2, -0.15) is 0 Å². The molecule has 0 amide bonds. The zero-order valence-corrected chi connectivity index (χ0v) is 10.4. The Morgan fingerprint density at radius 2 is 2.44 bits per heavy atom. The first kappa shape index (κ1) is 11.6. The fraction of sp³-hybridized carbons (Fsp3) is 0.750. The minimum atomic E-state index is 0.596. The zero-order chi connectivity index (χ0) is 11.5. The minimum Gasteiger partial charge on any atom is -0.445 e. The predicted octanol–water partition coefficient (Wildman–Crippen LogP) is 1.56. The maximum atomic E-state index is 5.52. The molecule has 90 valence electrons. The van der Waals surface area contributed by atoms with Gasteiger partial charge in [0.05, 0.1) is 12.7 Å². The highest BCUT2D eigenvalue weighted by molar-refractivity contribution is 4.92. The second kappa shape index (κ2) is 4.97. The van der Waals surface area contributed by atoms with E-state index in [2.05, 4.69) is 22.1 Å². The van der Waals surface area contributed by atoms with E-state index < -0.39 is 0 Å². The average molecular weight is 223 g/mol. The molecule has 1 fully saturated rings. The summed E-state index contributed by atoms with van der Waals surface area (Å²) >= 11 is 0. The van der Waals surface area contributed by atoms with Crippen molar-refractivity contribution in [3.63, 3.8) is 0 Å². The molecule has 0 bridgehead atoms. The van der Waals surface area contributed by atoms with Gasteiger partial charge >= 0.3 is 0 Å². The quantitative estimate of drug-likeness (QED) is 0.844. The van der Waals surface area contributed by atoms with Crippen molar-refractivity contribution in [2.45, 2.75) is 45.3 Å². The summed E-state index contributed by atoms with van der Waals surface area (Å²) in [6.07, 6.45) is 4.21. The Morgan fingerprint density at radius 3 is 3.00 bits per heavy atom. The third-order valence-corrected chi connectivity index (χ3v) is 3.43. The Morgan fingerprint density at radius 1 is 1.62 bits per heavy atom. The van der Waals surface area contributed by atoms with Crippen LogP contribution in [0.25, 0.3) is 0 Å². The van der Waals surface area contributed by atoms with E-state index in [1.165, 1.54) is 12.8 Å². The van der Waals surface area contributed by atoms with Gasteiger partial charge in [0.15, 0.2) is 0 Å². The predicted molar refractivity (Wildman–Crippen MR) is 63.2 cm³/mol. The van der Waals surface area contributed by atoms with Gasteiger partial charge in [-0.25, -0.2) is 4.98 Å². The Kier molecular flexibility index (Phi) is 3.61. The van der Waals surface area contributed by atoms with Crippen LogP contribution in [0.4, 0.5) is 0 Å². The number of piperidine rings is 1. The van der Waals surface area contributed by atoms with E-state index in [0.29, 0.717) is 12.1 Å². The average Bonchev–Trinajstić information content (AvgIpc) is 2.67. The molecule has 2 unspecified atom stereocenters. The maximum absolute atomic E-state index is 5.52. The second-order valence-corrected chi connectivity index (χ2v) is 4.69. The molecule has 1 aliphatic rings. The zero-order valence-electron chi connectivity index (χ0n) is 10.4. The van der Waals surface area contributed by atoms with Crippen molar-refractivity contribution in [1.82, 2.24) is 15.2 Å². The molecule has 0 aliphatic carbocycles. The van der Waals surface area contributed by atoms with Crippen LogP contribution in [0.5, 0.6) is 0 Å². The molecule has 0 aromatic carbocycles. The Bertz CT molecular complexity index is 337. The minimum absolute atomic E-state index is 0.596. The van der Waals surface area contributed by atoms with E-state index >= 15 is 0 Å². The van der Waals surface area contributed by atoms with Gasteiger partial charge in [0.1, 0.15) is 5.76 Å². The lowest BCUT2D eigenvalue weighted by Gasteiger charge is -2.36. The summed E-state index contributed by atoms with van der Waals surface area (Å²) in [4.78, 5) is 6.70. The normalized spacial score (nSPS) is 27.2. The van der Waals surface area contributed by atoms with Crippen molar-refractivity contribution >= 4 is 0 Å². The number of nitrogens with one attached hydrogen (secondary N) is 1. The highest BCUT2D eigenvalue weighted by atomic mass is 16.4. The molecule has 2 atom stereocenters. The van der Waals surface area contributed by atoms with Gasteiger partial charge in [-0.15, -0.1) is 0 Å². The summed E-state index contributed by atoms with van der Waals surface area (Å²) in [5.41, 5.74) is 0. The number of hydrogen-bond acceptors (Lipinski definition) is 4. The molecular weight excluding hydrogens is 202 g/mol. The molecule has 1 N–H and O–H groups in total. The molecule has 1 aromatic heterocycles. The number of aryl methyl sites for hydroxylation is 1. The third-order valence-electron chi connectivity index (χ3n) is 3.43. The van der Waals surface area contributed by atoms with Crippen LogP contribution in [-0.2, 0) is 6.54 Å². The molecule has 1 aliphatic heterocycles. The van der Waals surface area contributed by atoms with Crippen LogP contribution in [0.3, 0.4) is 0 Å². The summed E-state index contributed by atoms with van der Waals surface area (Å²) in [6, 6.07) is 1.26. The molecule has 0 saturated carbocycles. The van der Waals surface area contributed by atoms with Crippen LogP contribution >= 0.6 is 0 Å². The van der Waals surface area contributed by atoms with Gasteiger partial charge < -0.3 is 9.73 Å². The van der Waals surface area contributed by atoms with Crippen LogP contribution in [-0.4, -0.2) is 35.6 Å². The fourth-order valence-corrected chi connectivity index (χ4v) is 2.37. The Balaban J connectivity index is 1.91. The number of oxazole rings is 1. The molecule has 0 spiro atoms. The molecule has 0 radical (unpaired) electrons. The van der Waals surface area contributed by atoms with Crippen molar-refractivity contribution in [3.8, 4) is 0 Å². The first-order valence-corrected chi connectivity index (χ1v) is 6.01. The van der Waals surface area contributed by atoms with Crippen molar-refractivity contribution in [2.24, 2.45) is 0 Å². The van der Waals surface area contributed by atoms with Gasteiger partial charge in [0.2, 0.25) is 5.89 Å². The lowest BCUT2D eigenvalue weighted by Crippen LogP contribution is -2.46. The molecule has 1 saturated heterocycles. The molecule has 1 aromatic rings. The van der Waals surface area contributed by atoms with E-state index in [4.69, 9.17) is 4.42 Å². The Hall–Kier alpha value is -0.870. The Labute approximate surface area is 97.0 Å².